The monoisotopic (exact) mass is 302 g/mol. The lowest BCUT2D eigenvalue weighted by atomic mass is 9.45. The fraction of sp³-hybridized carbons (Fsp3) is 0.952. The number of fused-ring (bicyclic) bond motifs is 5. The van der Waals surface area contributed by atoms with Gasteiger partial charge in [0.2, 0.25) is 0 Å². The van der Waals surface area contributed by atoms with E-state index in [9.17, 15) is 4.79 Å². The van der Waals surface area contributed by atoms with Crippen molar-refractivity contribution < 1.29 is 4.79 Å². The molecule has 1 heteroatoms. The highest BCUT2D eigenvalue weighted by molar-refractivity contribution is 5.79. The van der Waals surface area contributed by atoms with Crippen LogP contribution in [-0.4, -0.2) is 5.78 Å². The molecule has 7 atom stereocenters. The second-order valence-electron chi connectivity index (χ2n) is 9.69. The first-order valence-corrected chi connectivity index (χ1v) is 9.97. The molecular weight excluding hydrogens is 268 g/mol. The van der Waals surface area contributed by atoms with E-state index in [4.69, 9.17) is 0 Å². The van der Waals surface area contributed by atoms with Gasteiger partial charge in [0.05, 0.1) is 0 Å². The summed E-state index contributed by atoms with van der Waals surface area (Å²) in [7, 11) is 0. The van der Waals surface area contributed by atoms with Crippen molar-refractivity contribution >= 4 is 5.78 Å². The van der Waals surface area contributed by atoms with Crippen LogP contribution in [0.15, 0.2) is 0 Å². The average molecular weight is 303 g/mol. The minimum absolute atomic E-state index is 0.338. The van der Waals surface area contributed by atoms with Crippen molar-refractivity contribution in [3.05, 3.63) is 0 Å². The zero-order valence-electron chi connectivity index (χ0n) is 14.9. The van der Waals surface area contributed by atoms with Gasteiger partial charge >= 0.3 is 0 Å². The number of carbonyl (C=O) groups is 1. The summed E-state index contributed by atoms with van der Waals surface area (Å²) in [6, 6.07) is 0. The molecule has 0 spiro atoms. The minimum Gasteiger partial charge on any atom is -0.300 e. The molecule has 0 N–H and O–H groups in total. The van der Waals surface area contributed by atoms with Crippen LogP contribution in [0.25, 0.3) is 0 Å². The lowest BCUT2D eigenvalue weighted by molar-refractivity contribution is -0.133. The third-order valence-corrected chi connectivity index (χ3v) is 9.07. The predicted molar refractivity (Wildman–Crippen MR) is 90.5 cm³/mol. The Labute approximate surface area is 136 Å². The Hall–Kier alpha value is -0.330. The van der Waals surface area contributed by atoms with Gasteiger partial charge < -0.3 is 0 Å². The molecule has 4 aliphatic rings. The summed E-state index contributed by atoms with van der Waals surface area (Å²) < 4.78 is 0. The lowest BCUT2D eigenvalue weighted by Gasteiger charge is -2.60. The van der Waals surface area contributed by atoms with E-state index in [-0.39, 0.29) is 0 Å². The molecule has 4 saturated carbocycles. The van der Waals surface area contributed by atoms with Crippen LogP contribution < -0.4 is 0 Å². The second-order valence-corrected chi connectivity index (χ2v) is 9.69. The molecule has 0 aromatic carbocycles. The molecule has 4 aliphatic carbocycles. The molecule has 22 heavy (non-hydrogen) atoms. The van der Waals surface area contributed by atoms with Gasteiger partial charge in [0.15, 0.2) is 0 Å². The van der Waals surface area contributed by atoms with Crippen LogP contribution in [0.3, 0.4) is 0 Å². The number of hydrogen-bond donors (Lipinski definition) is 0. The summed E-state index contributed by atoms with van der Waals surface area (Å²) in [6.07, 6.45) is 14.1. The fourth-order valence-corrected chi connectivity index (χ4v) is 7.96. The quantitative estimate of drug-likeness (QED) is 0.614. The molecule has 0 aromatic rings. The summed E-state index contributed by atoms with van der Waals surface area (Å²) in [5, 5.41) is 0. The molecule has 0 saturated heterocycles. The highest BCUT2D eigenvalue weighted by atomic mass is 16.1. The van der Waals surface area contributed by atoms with Gasteiger partial charge in [0, 0.05) is 5.92 Å². The van der Waals surface area contributed by atoms with Crippen LogP contribution in [-0.2, 0) is 4.79 Å². The van der Waals surface area contributed by atoms with Gasteiger partial charge in [-0.15, -0.1) is 0 Å². The van der Waals surface area contributed by atoms with Gasteiger partial charge in [-0.2, -0.15) is 0 Å². The largest absolute Gasteiger partial charge is 0.300 e. The minimum atomic E-state index is 0.338. The maximum Gasteiger partial charge on any atom is 0.133 e. The van der Waals surface area contributed by atoms with Crippen molar-refractivity contribution in [2.75, 3.05) is 0 Å². The van der Waals surface area contributed by atoms with Gasteiger partial charge in [-0.1, -0.05) is 26.7 Å². The normalized spacial score (nSPS) is 54.2. The van der Waals surface area contributed by atoms with Crippen LogP contribution in [0, 0.1) is 40.4 Å². The zero-order valence-corrected chi connectivity index (χ0v) is 14.9. The van der Waals surface area contributed by atoms with Crippen molar-refractivity contribution in [2.24, 2.45) is 40.4 Å². The summed E-state index contributed by atoms with van der Waals surface area (Å²) in [6.45, 7) is 6.97. The summed E-state index contributed by atoms with van der Waals surface area (Å²) in [4.78, 5) is 12.2. The van der Waals surface area contributed by atoms with E-state index < -0.39 is 0 Å². The third-order valence-electron chi connectivity index (χ3n) is 9.07. The van der Waals surface area contributed by atoms with Crippen molar-refractivity contribution in [2.45, 2.75) is 85.0 Å². The van der Waals surface area contributed by atoms with E-state index >= 15 is 0 Å². The highest BCUT2D eigenvalue weighted by Crippen LogP contribution is 2.67. The van der Waals surface area contributed by atoms with Gasteiger partial charge in [-0.25, -0.2) is 0 Å². The SMILES string of the molecule is CC(=O)[C@@H]1CC[C@@H]2[C@@H]3CC[C@@H]4CCCC[C@]4(C)[C@H]3CC[C@@]21C. The van der Waals surface area contributed by atoms with Crippen molar-refractivity contribution in [1.82, 2.24) is 0 Å². The molecule has 0 amide bonds. The topological polar surface area (TPSA) is 17.1 Å². The molecule has 0 radical (unpaired) electrons. The van der Waals surface area contributed by atoms with Gasteiger partial charge in [-0.3, -0.25) is 4.79 Å². The van der Waals surface area contributed by atoms with Crippen LogP contribution in [0.2, 0.25) is 0 Å². The fourth-order valence-electron chi connectivity index (χ4n) is 7.96. The average Bonchev–Trinajstić information content (AvgIpc) is 2.84. The summed E-state index contributed by atoms with van der Waals surface area (Å²) in [5.41, 5.74) is 0.974. The lowest BCUT2D eigenvalue weighted by Crippen LogP contribution is -2.53. The van der Waals surface area contributed by atoms with E-state index in [0.717, 1.165) is 23.7 Å². The van der Waals surface area contributed by atoms with Gasteiger partial charge in [0.25, 0.3) is 0 Å². The summed E-state index contributed by atoms with van der Waals surface area (Å²) in [5.74, 6) is 4.60. The highest BCUT2D eigenvalue weighted by Gasteiger charge is 2.60. The molecule has 0 aromatic heterocycles. The molecule has 1 nitrogen and oxygen atoms in total. The van der Waals surface area contributed by atoms with E-state index in [1.165, 1.54) is 64.2 Å². The first kappa shape index (κ1) is 15.2. The summed E-state index contributed by atoms with van der Waals surface area (Å²) >= 11 is 0. The Kier molecular flexibility index (Phi) is 3.51. The van der Waals surface area contributed by atoms with Crippen LogP contribution in [0.4, 0.5) is 0 Å². The maximum absolute atomic E-state index is 12.2. The number of Topliss-reactive ketones (excluding diaryl/α,β-unsaturated/α-hetero) is 1. The van der Waals surface area contributed by atoms with Crippen molar-refractivity contribution in [3.63, 3.8) is 0 Å². The standard InChI is InChI=1S/C21H34O/c1-14(22)17-9-10-18-16-8-7-15-6-4-5-12-20(15,2)19(16)11-13-21(17,18)3/h15-19H,4-13H2,1-3H3/t15-,16-,17-,18+,19-,20-,21+/m0/s1. The molecular formula is C21H34O. The molecule has 124 valence electrons. The third kappa shape index (κ3) is 1.93. The van der Waals surface area contributed by atoms with Crippen LogP contribution >= 0.6 is 0 Å². The van der Waals surface area contributed by atoms with Crippen LogP contribution in [0.1, 0.15) is 85.0 Å². The van der Waals surface area contributed by atoms with Gasteiger partial charge in [-0.05, 0) is 92.8 Å². The van der Waals surface area contributed by atoms with E-state index in [1.807, 2.05) is 6.92 Å². The molecule has 4 rings (SSSR count). The number of carbonyl (C=O) groups excluding carboxylic acids is 1. The molecule has 0 unspecified atom stereocenters. The Morgan fingerprint density at radius 2 is 1.59 bits per heavy atom. The Balaban J connectivity index is 1.63. The molecule has 0 heterocycles. The Bertz CT molecular complexity index is 469. The second kappa shape index (κ2) is 5.08. The van der Waals surface area contributed by atoms with Crippen molar-refractivity contribution in [3.8, 4) is 0 Å². The molecule has 0 bridgehead atoms. The first-order valence-electron chi connectivity index (χ1n) is 9.97. The maximum atomic E-state index is 12.2. The molecule has 0 aliphatic heterocycles. The number of rotatable bonds is 1. The molecule has 4 fully saturated rings. The van der Waals surface area contributed by atoms with E-state index in [1.54, 1.807) is 0 Å². The van der Waals surface area contributed by atoms with Crippen molar-refractivity contribution in [1.29, 1.82) is 0 Å². The van der Waals surface area contributed by atoms with E-state index in [0.29, 0.717) is 22.5 Å². The number of ketones is 1. The van der Waals surface area contributed by atoms with Crippen LogP contribution in [0.5, 0.6) is 0 Å². The van der Waals surface area contributed by atoms with E-state index in [2.05, 4.69) is 13.8 Å². The number of hydrogen-bond acceptors (Lipinski definition) is 1. The Morgan fingerprint density at radius 3 is 2.36 bits per heavy atom. The first-order chi connectivity index (χ1) is 10.5. The Morgan fingerprint density at radius 1 is 0.818 bits per heavy atom. The van der Waals surface area contributed by atoms with Gasteiger partial charge in [0.1, 0.15) is 5.78 Å². The predicted octanol–water partition coefficient (Wildman–Crippen LogP) is 5.62. The smallest absolute Gasteiger partial charge is 0.133 e. The zero-order chi connectivity index (χ0) is 15.5.